The van der Waals surface area contributed by atoms with Crippen LogP contribution in [-0.2, 0) is 4.74 Å². The molecule has 1 saturated heterocycles. The van der Waals surface area contributed by atoms with Crippen molar-refractivity contribution in [3.05, 3.63) is 143 Å². The molecule has 5 aromatic carbocycles. The molecule has 5 aromatic rings. The Morgan fingerprint density at radius 1 is 0.689 bits per heavy atom. The maximum absolute atomic E-state index is 13.9. The number of ether oxygens (including phenoxy) is 1. The fourth-order valence-corrected chi connectivity index (χ4v) is 6.47. The van der Waals surface area contributed by atoms with Crippen molar-refractivity contribution in [3.63, 3.8) is 0 Å². The summed E-state index contributed by atoms with van der Waals surface area (Å²) in [6.07, 6.45) is 0. The molecule has 2 heterocycles. The number of morpholine rings is 1. The Kier molecular flexibility index (Phi) is 7.99. The molecule has 7 rings (SSSR count). The number of carbonyl (C=O) groups is 2. The molecule has 6 nitrogen and oxygen atoms in total. The van der Waals surface area contributed by atoms with Gasteiger partial charge in [0.15, 0.2) is 0 Å². The normalized spacial score (nSPS) is 15.7. The average Bonchev–Trinajstić information content (AvgIpc) is 3.09. The van der Waals surface area contributed by atoms with Crippen LogP contribution < -0.4 is 10.2 Å². The van der Waals surface area contributed by atoms with Crippen molar-refractivity contribution in [2.45, 2.75) is 6.92 Å². The van der Waals surface area contributed by atoms with Crippen LogP contribution in [0.5, 0.6) is 0 Å². The lowest BCUT2D eigenvalue weighted by atomic mass is 9.90. The van der Waals surface area contributed by atoms with Crippen LogP contribution in [0.3, 0.4) is 0 Å². The summed E-state index contributed by atoms with van der Waals surface area (Å²) in [6.45, 7) is 7.20. The van der Waals surface area contributed by atoms with Gasteiger partial charge in [-0.25, -0.2) is 4.90 Å². The minimum atomic E-state index is -0.310. The van der Waals surface area contributed by atoms with Crippen LogP contribution in [0.2, 0.25) is 0 Å². The number of carbonyl (C=O) groups excluding carboxylic acids is 2. The van der Waals surface area contributed by atoms with Crippen LogP contribution in [-0.4, -0.2) is 56.1 Å². The summed E-state index contributed by atoms with van der Waals surface area (Å²) in [4.78, 5) is 31.6. The molecule has 0 aliphatic carbocycles. The van der Waals surface area contributed by atoms with Gasteiger partial charge in [-0.2, -0.15) is 0 Å². The number of anilines is 2. The Bertz CT molecular complexity index is 1870. The Hall–Kier alpha value is -5.04. The highest BCUT2D eigenvalue weighted by atomic mass is 16.5. The Balaban J connectivity index is 1.19. The number of hydrogen-bond donors (Lipinski definition) is 1. The highest BCUT2D eigenvalue weighted by molar-refractivity contribution is 6.36. The lowest BCUT2D eigenvalue weighted by molar-refractivity contribution is 0.0398. The molecule has 0 bridgehead atoms. The number of imide groups is 1. The molecule has 6 heteroatoms. The molecular formula is C39H35N3O3. The van der Waals surface area contributed by atoms with E-state index >= 15 is 0 Å². The molecular weight excluding hydrogens is 558 g/mol. The van der Waals surface area contributed by atoms with Crippen LogP contribution >= 0.6 is 0 Å². The maximum Gasteiger partial charge on any atom is 0.265 e. The molecule has 45 heavy (non-hydrogen) atoms. The third-order valence-electron chi connectivity index (χ3n) is 8.81. The molecule has 0 spiro atoms. The zero-order valence-corrected chi connectivity index (χ0v) is 25.3. The summed E-state index contributed by atoms with van der Waals surface area (Å²) >= 11 is 0. The molecule has 0 atom stereocenters. The summed E-state index contributed by atoms with van der Waals surface area (Å²) in [5.74, 6) is -0.619. The van der Waals surface area contributed by atoms with Gasteiger partial charge >= 0.3 is 0 Å². The standard InChI is InChI=1S/C39H35N3O3/c1-27(28-9-4-2-5-10-28)36(29-11-6-3-7-12-29)30-15-17-31(18-16-30)42-38(43)33-14-8-13-32-35(20-19-34(37(32)33)39(42)44)40-21-22-41-23-25-45-26-24-41/h2-20,40H,21-26H2,1H3/b36-27+. The Morgan fingerprint density at radius 2 is 1.31 bits per heavy atom. The quantitative estimate of drug-likeness (QED) is 0.150. The molecule has 0 unspecified atom stereocenters. The average molecular weight is 594 g/mol. The van der Waals surface area contributed by atoms with E-state index in [1.807, 2.05) is 91.0 Å². The predicted molar refractivity (Wildman–Crippen MR) is 182 cm³/mol. The van der Waals surface area contributed by atoms with Crippen molar-refractivity contribution >= 4 is 45.1 Å². The molecule has 0 aromatic heterocycles. The summed E-state index contributed by atoms with van der Waals surface area (Å²) in [5, 5.41) is 5.14. The lowest BCUT2D eigenvalue weighted by Crippen LogP contribution is -2.40. The van der Waals surface area contributed by atoms with Gasteiger partial charge < -0.3 is 10.1 Å². The number of amides is 2. The first-order chi connectivity index (χ1) is 22.1. The summed E-state index contributed by atoms with van der Waals surface area (Å²) in [5.41, 5.74) is 8.06. The zero-order chi connectivity index (χ0) is 30.8. The zero-order valence-electron chi connectivity index (χ0n) is 25.3. The highest BCUT2D eigenvalue weighted by Crippen LogP contribution is 2.38. The molecule has 0 saturated carbocycles. The molecule has 1 fully saturated rings. The van der Waals surface area contributed by atoms with Crippen molar-refractivity contribution in [1.82, 2.24) is 4.90 Å². The number of nitrogens with zero attached hydrogens (tertiary/aromatic N) is 2. The second-order valence-electron chi connectivity index (χ2n) is 11.5. The first-order valence-corrected chi connectivity index (χ1v) is 15.5. The Labute approximate surface area is 263 Å². The van der Waals surface area contributed by atoms with E-state index in [1.165, 1.54) is 4.90 Å². The maximum atomic E-state index is 13.9. The second kappa shape index (κ2) is 12.5. The van der Waals surface area contributed by atoms with E-state index in [-0.39, 0.29) is 11.8 Å². The first kappa shape index (κ1) is 28.7. The largest absolute Gasteiger partial charge is 0.383 e. The van der Waals surface area contributed by atoms with Gasteiger partial charge in [0.1, 0.15) is 0 Å². The molecule has 0 radical (unpaired) electrons. The summed E-state index contributed by atoms with van der Waals surface area (Å²) in [6, 6.07) is 37.9. The van der Waals surface area contributed by atoms with Crippen LogP contribution in [0, 0.1) is 0 Å². The SMILES string of the molecule is C/C(=C(/c1ccccc1)c1ccc(N2C(=O)c3cccc4c(NCCN5CCOCC5)ccc(c34)C2=O)cc1)c1ccccc1. The number of benzene rings is 5. The lowest BCUT2D eigenvalue weighted by Gasteiger charge is -2.29. The molecule has 2 aliphatic heterocycles. The van der Waals surface area contributed by atoms with Crippen molar-refractivity contribution in [1.29, 1.82) is 0 Å². The van der Waals surface area contributed by atoms with Gasteiger partial charge in [-0.3, -0.25) is 14.5 Å². The Morgan fingerprint density at radius 3 is 2.00 bits per heavy atom. The fraction of sp³-hybridized carbons (Fsp3) is 0.179. The minimum Gasteiger partial charge on any atom is -0.383 e. The number of hydrogen-bond acceptors (Lipinski definition) is 5. The van der Waals surface area contributed by atoms with Gasteiger partial charge in [-0.15, -0.1) is 0 Å². The highest BCUT2D eigenvalue weighted by Gasteiger charge is 2.34. The van der Waals surface area contributed by atoms with Gasteiger partial charge in [0.05, 0.1) is 18.9 Å². The summed E-state index contributed by atoms with van der Waals surface area (Å²) in [7, 11) is 0. The monoisotopic (exact) mass is 593 g/mol. The topological polar surface area (TPSA) is 61.9 Å². The van der Waals surface area contributed by atoms with E-state index in [0.29, 0.717) is 22.2 Å². The van der Waals surface area contributed by atoms with Crippen molar-refractivity contribution in [3.8, 4) is 0 Å². The molecule has 224 valence electrons. The van der Waals surface area contributed by atoms with Gasteiger partial charge in [-0.1, -0.05) is 84.9 Å². The number of allylic oxidation sites excluding steroid dienone is 1. The van der Waals surface area contributed by atoms with Crippen molar-refractivity contribution < 1.29 is 14.3 Å². The van der Waals surface area contributed by atoms with Crippen LogP contribution in [0.1, 0.15) is 44.3 Å². The minimum absolute atomic E-state index is 0.310. The second-order valence-corrected chi connectivity index (χ2v) is 11.5. The van der Waals surface area contributed by atoms with Crippen molar-refractivity contribution in [2.75, 3.05) is 49.6 Å². The third kappa shape index (κ3) is 5.55. The smallest absolute Gasteiger partial charge is 0.265 e. The predicted octanol–water partition coefficient (Wildman–Crippen LogP) is 7.36. The number of rotatable bonds is 8. The van der Waals surface area contributed by atoms with Crippen LogP contribution in [0.4, 0.5) is 11.4 Å². The first-order valence-electron chi connectivity index (χ1n) is 15.5. The number of nitrogens with one attached hydrogen (secondary N) is 1. The van der Waals surface area contributed by atoms with Crippen LogP contribution in [0.15, 0.2) is 115 Å². The van der Waals surface area contributed by atoms with Gasteiger partial charge in [0.25, 0.3) is 11.8 Å². The van der Waals surface area contributed by atoms with E-state index in [0.717, 1.165) is 78.3 Å². The summed E-state index contributed by atoms with van der Waals surface area (Å²) < 4.78 is 5.46. The van der Waals surface area contributed by atoms with Gasteiger partial charge in [0.2, 0.25) is 0 Å². The van der Waals surface area contributed by atoms with Crippen molar-refractivity contribution in [2.24, 2.45) is 0 Å². The fourth-order valence-electron chi connectivity index (χ4n) is 6.47. The molecule has 2 amide bonds. The van der Waals surface area contributed by atoms with E-state index in [4.69, 9.17) is 4.74 Å². The van der Waals surface area contributed by atoms with Gasteiger partial charge in [-0.05, 0) is 65.1 Å². The van der Waals surface area contributed by atoms with E-state index in [9.17, 15) is 9.59 Å². The third-order valence-corrected chi connectivity index (χ3v) is 8.81. The van der Waals surface area contributed by atoms with E-state index in [1.54, 1.807) is 0 Å². The van der Waals surface area contributed by atoms with E-state index in [2.05, 4.69) is 41.4 Å². The molecule has 2 aliphatic rings. The molecule has 1 N–H and O–H groups in total. The van der Waals surface area contributed by atoms with Crippen LogP contribution in [0.25, 0.3) is 21.9 Å². The van der Waals surface area contributed by atoms with E-state index < -0.39 is 0 Å². The van der Waals surface area contributed by atoms with Gasteiger partial charge in [0, 0.05) is 53.8 Å².